The second-order valence-corrected chi connectivity index (χ2v) is 9.18. The van der Waals surface area contributed by atoms with Gasteiger partial charge < -0.3 is 10.1 Å². The van der Waals surface area contributed by atoms with Crippen LogP contribution in [0.1, 0.15) is 42.1 Å². The van der Waals surface area contributed by atoms with Crippen LogP contribution in [0, 0.1) is 0 Å². The van der Waals surface area contributed by atoms with Gasteiger partial charge in [0.05, 0.1) is 17.4 Å². The number of hydrazine groups is 1. The van der Waals surface area contributed by atoms with Gasteiger partial charge in [-0.05, 0) is 49.9 Å². The van der Waals surface area contributed by atoms with E-state index in [2.05, 4.69) is 10.7 Å². The van der Waals surface area contributed by atoms with Crippen LogP contribution >= 0.6 is 23.5 Å². The number of anilines is 1. The van der Waals surface area contributed by atoms with Gasteiger partial charge in [0.2, 0.25) is 5.91 Å². The minimum absolute atomic E-state index is 0.162. The van der Waals surface area contributed by atoms with Crippen LogP contribution in [-0.2, 0) is 9.59 Å². The van der Waals surface area contributed by atoms with Crippen LogP contribution in [0.4, 0.5) is 5.69 Å². The van der Waals surface area contributed by atoms with Crippen molar-refractivity contribution in [3.63, 3.8) is 0 Å². The molecule has 2 unspecified atom stereocenters. The molecule has 9 heteroatoms. The summed E-state index contributed by atoms with van der Waals surface area (Å²) in [7, 11) is 0. The van der Waals surface area contributed by atoms with Gasteiger partial charge in [-0.2, -0.15) is 0 Å². The molecule has 164 valence electrons. The molecule has 2 atom stereocenters. The molecule has 0 bridgehead atoms. The lowest BCUT2D eigenvalue weighted by atomic mass is 10.1. The molecule has 1 fully saturated rings. The van der Waals surface area contributed by atoms with E-state index in [4.69, 9.17) is 4.74 Å². The maximum Gasteiger partial charge on any atom is 0.273 e. The summed E-state index contributed by atoms with van der Waals surface area (Å²) in [6, 6.07) is 12.8. The van der Waals surface area contributed by atoms with E-state index >= 15 is 0 Å². The second kappa shape index (κ2) is 10.1. The molecule has 2 aromatic carbocycles. The van der Waals surface area contributed by atoms with Crippen molar-refractivity contribution in [1.29, 1.82) is 0 Å². The number of amides is 3. The van der Waals surface area contributed by atoms with E-state index in [0.29, 0.717) is 18.0 Å². The third-order valence-corrected chi connectivity index (χ3v) is 6.72. The molecule has 1 aliphatic rings. The summed E-state index contributed by atoms with van der Waals surface area (Å²) in [5, 5.41) is 3.46. The molecule has 3 rings (SSSR count). The summed E-state index contributed by atoms with van der Waals surface area (Å²) in [4.78, 5) is 38.3. The Bertz CT molecular complexity index is 981. The Hall–Kier alpha value is -2.65. The molecule has 1 heterocycles. The normalized spacial score (nSPS) is 18.1. The molecule has 7 nitrogen and oxygen atoms in total. The van der Waals surface area contributed by atoms with Gasteiger partial charge in [0.15, 0.2) is 0 Å². The number of nitrogens with zero attached hydrogens (tertiary/aromatic N) is 1. The van der Waals surface area contributed by atoms with Gasteiger partial charge in [-0.3, -0.25) is 19.8 Å². The number of benzene rings is 2. The number of carbonyl (C=O) groups is 3. The lowest BCUT2D eigenvalue weighted by molar-refractivity contribution is -0.132. The highest BCUT2D eigenvalue weighted by molar-refractivity contribution is 8.01. The van der Waals surface area contributed by atoms with Crippen molar-refractivity contribution in [2.45, 2.75) is 36.3 Å². The zero-order valence-electron chi connectivity index (χ0n) is 17.8. The number of hydrogen-bond acceptors (Lipinski definition) is 6. The summed E-state index contributed by atoms with van der Waals surface area (Å²) in [6.45, 7) is 5.40. The lowest BCUT2D eigenvalue weighted by Gasteiger charge is -2.25. The number of hydrogen-bond donors (Lipinski definition) is 2. The highest BCUT2D eigenvalue weighted by Gasteiger charge is 2.40. The summed E-state index contributed by atoms with van der Waals surface area (Å²) in [6.07, 6.45) is 2.00. The van der Waals surface area contributed by atoms with Gasteiger partial charge in [0, 0.05) is 23.6 Å². The van der Waals surface area contributed by atoms with Crippen molar-refractivity contribution in [3.8, 4) is 5.75 Å². The summed E-state index contributed by atoms with van der Waals surface area (Å²) in [5.41, 5.74) is 4.51. The Morgan fingerprint density at radius 2 is 1.90 bits per heavy atom. The number of thioether (sulfide) groups is 2. The predicted molar refractivity (Wildman–Crippen MR) is 124 cm³/mol. The van der Waals surface area contributed by atoms with Crippen LogP contribution in [0.5, 0.6) is 5.75 Å². The van der Waals surface area contributed by atoms with E-state index < -0.39 is 5.91 Å². The minimum Gasteiger partial charge on any atom is -0.493 e. The molecule has 2 N–H and O–H groups in total. The fourth-order valence-corrected chi connectivity index (χ4v) is 4.79. The molecule has 0 spiro atoms. The predicted octanol–water partition coefficient (Wildman–Crippen LogP) is 4.07. The molecule has 0 radical (unpaired) electrons. The first-order valence-corrected chi connectivity index (χ1v) is 12.0. The Morgan fingerprint density at radius 3 is 2.52 bits per heavy atom. The molecule has 31 heavy (non-hydrogen) atoms. The van der Waals surface area contributed by atoms with Gasteiger partial charge in [-0.1, -0.05) is 12.1 Å². The summed E-state index contributed by atoms with van der Waals surface area (Å²) >= 11 is 3.13. The highest BCUT2D eigenvalue weighted by atomic mass is 32.2. The Balaban J connectivity index is 1.85. The number of carbonyl (C=O) groups excluding carboxylic acids is 3. The van der Waals surface area contributed by atoms with Crippen molar-refractivity contribution in [2.75, 3.05) is 18.2 Å². The molecule has 1 aliphatic heterocycles. The Kier molecular flexibility index (Phi) is 7.50. The van der Waals surface area contributed by atoms with Crippen LogP contribution in [0.15, 0.2) is 47.4 Å². The minimum atomic E-state index is -0.452. The quantitative estimate of drug-likeness (QED) is 0.607. The summed E-state index contributed by atoms with van der Waals surface area (Å²) < 4.78 is 5.61. The van der Waals surface area contributed by atoms with E-state index in [1.54, 1.807) is 30.0 Å². The number of nitrogens with one attached hydrogen (secondary N) is 2. The third kappa shape index (κ3) is 5.34. The van der Waals surface area contributed by atoms with Gasteiger partial charge in [-0.15, -0.1) is 23.5 Å². The molecular formula is C22H25N3O4S2. The van der Waals surface area contributed by atoms with Gasteiger partial charge in [0.25, 0.3) is 11.8 Å². The Labute approximate surface area is 190 Å². The van der Waals surface area contributed by atoms with Crippen LogP contribution in [0.25, 0.3) is 0 Å². The molecule has 3 amide bonds. The van der Waals surface area contributed by atoms with Crippen molar-refractivity contribution >= 4 is 46.9 Å². The SMILES string of the molecule is CCOc1cc(NC(C)=O)ccc1C(=O)NN1C(=O)C(C)SC1c1ccc(SC)cc1. The first kappa shape index (κ1) is 23.0. The number of rotatable bonds is 7. The molecule has 0 aromatic heterocycles. The average molecular weight is 460 g/mol. The highest BCUT2D eigenvalue weighted by Crippen LogP contribution is 2.42. The second-order valence-electron chi connectivity index (χ2n) is 6.88. The maximum atomic E-state index is 13.1. The van der Waals surface area contributed by atoms with Crippen LogP contribution in [0.3, 0.4) is 0 Å². The van der Waals surface area contributed by atoms with Crippen LogP contribution < -0.4 is 15.5 Å². The van der Waals surface area contributed by atoms with E-state index in [1.165, 1.54) is 23.7 Å². The zero-order chi connectivity index (χ0) is 22.5. The maximum absolute atomic E-state index is 13.1. The molecule has 0 saturated carbocycles. The molecule has 2 aromatic rings. The third-order valence-electron chi connectivity index (χ3n) is 4.62. The van der Waals surface area contributed by atoms with E-state index in [1.807, 2.05) is 44.4 Å². The monoisotopic (exact) mass is 459 g/mol. The average Bonchev–Trinajstić information content (AvgIpc) is 3.02. The van der Waals surface area contributed by atoms with Gasteiger partial charge in [-0.25, -0.2) is 5.01 Å². The molecule has 0 aliphatic carbocycles. The van der Waals surface area contributed by atoms with Crippen molar-refractivity contribution in [3.05, 3.63) is 53.6 Å². The van der Waals surface area contributed by atoms with Gasteiger partial charge in [0.1, 0.15) is 11.1 Å². The van der Waals surface area contributed by atoms with Crippen molar-refractivity contribution in [2.24, 2.45) is 0 Å². The lowest BCUT2D eigenvalue weighted by Crippen LogP contribution is -2.45. The fraction of sp³-hybridized carbons (Fsp3) is 0.318. The van der Waals surface area contributed by atoms with Crippen molar-refractivity contribution < 1.29 is 19.1 Å². The largest absolute Gasteiger partial charge is 0.493 e. The first-order valence-electron chi connectivity index (χ1n) is 9.82. The molecular weight excluding hydrogens is 434 g/mol. The summed E-state index contributed by atoms with van der Waals surface area (Å²) in [5.74, 6) is -0.500. The van der Waals surface area contributed by atoms with Crippen LogP contribution in [0.2, 0.25) is 0 Å². The van der Waals surface area contributed by atoms with E-state index in [0.717, 1.165) is 10.5 Å². The molecule has 1 saturated heterocycles. The van der Waals surface area contributed by atoms with E-state index in [9.17, 15) is 14.4 Å². The van der Waals surface area contributed by atoms with Crippen molar-refractivity contribution in [1.82, 2.24) is 10.4 Å². The van der Waals surface area contributed by atoms with Gasteiger partial charge >= 0.3 is 0 Å². The topological polar surface area (TPSA) is 87.7 Å². The smallest absolute Gasteiger partial charge is 0.273 e. The number of ether oxygens (including phenoxy) is 1. The first-order chi connectivity index (χ1) is 14.8. The standard InChI is InChI=1S/C22H25N3O4S2/c1-5-29-19-12-16(23-14(3)26)8-11-18(19)20(27)24-25-21(28)13(2)31-22(25)15-6-9-17(30-4)10-7-15/h6-13,22H,5H2,1-4H3,(H,23,26)(H,24,27). The van der Waals surface area contributed by atoms with E-state index in [-0.39, 0.29) is 28.0 Å². The van der Waals surface area contributed by atoms with Crippen LogP contribution in [-0.4, -0.2) is 40.8 Å². The zero-order valence-corrected chi connectivity index (χ0v) is 19.4. The Morgan fingerprint density at radius 1 is 1.19 bits per heavy atom. The fourth-order valence-electron chi connectivity index (χ4n) is 3.17.